The monoisotopic (exact) mass is 375 g/mol. The molecule has 2 aromatic rings. The molecular weight excluding hydrogens is 354 g/mol. The molecule has 0 saturated heterocycles. The minimum Gasteiger partial charge on any atom is -0.493 e. The smallest absolute Gasteiger partial charge is 0.257 e. The average Bonchev–Trinajstić information content (AvgIpc) is 2.61. The zero-order chi connectivity index (χ0) is 18.7. The summed E-state index contributed by atoms with van der Waals surface area (Å²) in [6.07, 6.45) is 0.176. The van der Waals surface area contributed by atoms with Crippen LogP contribution in [0.15, 0.2) is 28.2 Å². The van der Waals surface area contributed by atoms with Crippen molar-refractivity contribution in [2.45, 2.75) is 31.3 Å². The van der Waals surface area contributed by atoms with E-state index in [2.05, 4.69) is 15.3 Å². The topological polar surface area (TPSA) is 93.3 Å². The molecule has 8 heteroatoms. The quantitative estimate of drug-likeness (QED) is 0.596. The molecule has 1 aromatic carbocycles. The second kappa shape index (κ2) is 7.82. The number of H-pyrrole nitrogens is 1. The molecule has 1 amide bonds. The normalized spacial score (nSPS) is 16.0. The number of carbonyl (C=O) groups excluding carboxylic acids is 1. The summed E-state index contributed by atoms with van der Waals surface area (Å²) in [6, 6.07) is 5.47. The maximum Gasteiger partial charge on any atom is 0.257 e. The van der Waals surface area contributed by atoms with E-state index in [4.69, 9.17) is 9.47 Å². The van der Waals surface area contributed by atoms with E-state index >= 15 is 0 Å². The van der Waals surface area contributed by atoms with E-state index in [-0.39, 0.29) is 23.8 Å². The predicted octanol–water partition coefficient (Wildman–Crippen LogP) is 2.76. The first-order valence-electron chi connectivity index (χ1n) is 8.44. The van der Waals surface area contributed by atoms with Crippen molar-refractivity contribution in [2.75, 3.05) is 24.8 Å². The van der Waals surface area contributed by atoms with Gasteiger partial charge in [-0.25, -0.2) is 4.98 Å². The van der Waals surface area contributed by atoms with Crippen LogP contribution in [0.2, 0.25) is 0 Å². The largest absolute Gasteiger partial charge is 0.493 e. The van der Waals surface area contributed by atoms with Crippen LogP contribution in [0.3, 0.4) is 0 Å². The number of ether oxygens (including phenoxy) is 2. The Kier molecular flexibility index (Phi) is 5.51. The lowest BCUT2D eigenvalue weighted by Gasteiger charge is -2.25. The molecule has 7 nitrogen and oxygen atoms in total. The van der Waals surface area contributed by atoms with Gasteiger partial charge in [0.05, 0.1) is 19.3 Å². The van der Waals surface area contributed by atoms with Gasteiger partial charge in [0.1, 0.15) is 5.82 Å². The number of fused-ring (bicyclic) bond motifs is 1. The molecular formula is C18H21N3O4S. The molecule has 1 aromatic heterocycles. The molecule has 26 heavy (non-hydrogen) atoms. The number of aromatic nitrogens is 2. The number of aromatic amines is 1. The van der Waals surface area contributed by atoms with Gasteiger partial charge in [-0.1, -0.05) is 24.8 Å². The van der Waals surface area contributed by atoms with Crippen molar-refractivity contribution >= 4 is 23.5 Å². The Morgan fingerprint density at radius 3 is 2.77 bits per heavy atom. The van der Waals surface area contributed by atoms with Gasteiger partial charge in [-0.3, -0.25) is 9.59 Å². The summed E-state index contributed by atoms with van der Waals surface area (Å²) in [5.41, 5.74) is 1.05. The number of anilines is 1. The van der Waals surface area contributed by atoms with E-state index in [1.54, 1.807) is 13.2 Å². The van der Waals surface area contributed by atoms with Gasteiger partial charge in [-0.15, -0.1) is 0 Å². The van der Waals surface area contributed by atoms with Gasteiger partial charge in [-0.2, -0.15) is 0 Å². The van der Waals surface area contributed by atoms with Gasteiger partial charge < -0.3 is 19.8 Å². The first-order chi connectivity index (χ1) is 12.6. The number of rotatable bonds is 6. The van der Waals surface area contributed by atoms with Gasteiger partial charge in [-0.05, 0) is 30.4 Å². The molecule has 0 spiro atoms. The third kappa shape index (κ3) is 3.55. The third-order valence-electron chi connectivity index (χ3n) is 4.10. The van der Waals surface area contributed by atoms with E-state index in [0.29, 0.717) is 34.6 Å². The van der Waals surface area contributed by atoms with Gasteiger partial charge >= 0.3 is 0 Å². The van der Waals surface area contributed by atoms with Gasteiger partial charge in [0.15, 0.2) is 16.7 Å². The SMILES string of the molecule is CCOc1ccc([C@@H]2CC(=O)Nc3nc(SCC)[nH]c(=O)c32)cc1OC. The summed E-state index contributed by atoms with van der Waals surface area (Å²) in [5, 5.41) is 3.22. The second-order valence-corrected chi connectivity index (χ2v) is 6.97. The molecule has 1 aliphatic heterocycles. The van der Waals surface area contributed by atoms with Crippen LogP contribution in [-0.2, 0) is 4.79 Å². The average molecular weight is 375 g/mol. The Labute approximate surface area is 155 Å². The molecule has 1 aliphatic rings. The fourth-order valence-electron chi connectivity index (χ4n) is 3.02. The number of benzene rings is 1. The van der Waals surface area contributed by atoms with Crippen LogP contribution in [0, 0.1) is 0 Å². The highest BCUT2D eigenvalue weighted by Crippen LogP contribution is 2.38. The van der Waals surface area contributed by atoms with Crippen molar-refractivity contribution in [2.24, 2.45) is 0 Å². The van der Waals surface area contributed by atoms with Crippen LogP contribution in [0.5, 0.6) is 11.5 Å². The zero-order valence-electron chi connectivity index (χ0n) is 14.9. The molecule has 0 radical (unpaired) electrons. The van der Waals surface area contributed by atoms with Crippen molar-refractivity contribution in [3.05, 3.63) is 39.7 Å². The Bertz CT molecular complexity index is 881. The Morgan fingerprint density at radius 2 is 2.08 bits per heavy atom. The fourth-order valence-corrected chi connectivity index (χ4v) is 3.61. The minimum atomic E-state index is -0.389. The Hall–Kier alpha value is -2.48. The zero-order valence-corrected chi connectivity index (χ0v) is 15.7. The molecule has 0 aliphatic carbocycles. The second-order valence-electron chi connectivity index (χ2n) is 5.71. The number of amides is 1. The molecule has 0 bridgehead atoms. The number of nitrogens with one attached hydrogen (secondary N) is 2. The molecule has 3 rings (SSSR count). The first kappa shape index (κ1) is 18.3. The van der Waals surface area contributed by atoms with Crippen molar-refractivity contribution < 1.29 is 14.3 Å². The standard InChI is InChI=1S/C18H21N3O4S/c1-4-25-12-7-6-10(8-13(12)24-3)11-9-14(22)19-16-15(11)17(23)21-18(20-16)26-5-2/h6-8,11H,4-5,9H2,1-3H3,(H2,19,20,21,22,23)/t11-/m0/s1. The lowest BCUT2D eigenvalue weighted by Crippen LogP contribution is -2.31. The fraction of sp³-hybridized carbons (Fsp3) is 0.389. The molecule has 138 valence electrons. The van der Waals surface area contributed by atoms with Crippen LogP contribution in [0.25, 0.3) is 0 Å². The van der Waals surface area contributed by atoms with Crippen LogP contribution >= 0.6 is 11.8 Å². The summed E-state index contributed by atoms with van der Waals surface area (Å²) in [6.45, 7) is 4.38. The van der Waals surface area contributed by atoms with Gasteiger partial charge in [0.25, 0.3) is 5.56 Å². The highest BCUT2D eigenvalue weighted by Gasteiger charge is 2.31. The summed E-state index contributed by atoms with van der Waals surface area (Å²) in [5.74, 6) is 1.75. The predicted molar refractivity (Wildman–Crippen MR) is 101 cm³/mol. The van der Waals surface area contributed by atoms with Crippen LogP contribution in [0.1, 0.15) is 37.3 Å². The number of carbonyl (C=O) groups is 1. The van der Waals surface area contributed by atoms with E-state index in [9.17, 15) is 9.59 Å². The van der Waals surface area contributed by atoms with E-state index in [1.165, 1.54) is 11.8 Å². The number of hydrogen-bond donors (Lipinski definition) is 2. The molecule has 2 heterocycles. The highest BCUT2D eigenvalue weighted by molar-refractivity contribution is 7.99. The number of hydrogen-bond acceptors (Lipinski definition) is 6. The highest BCUT2D eigenvalue weighted by atomic mass is 32.2. The maximum atomic E-state index is 12.7. The number of thioether (sulfide) groups is 1. The van der Waals surface area contributed by atoms with Crippen LogP contribution in [0.4, 0.5) is 5.82 Å². The lowest BCUT2D eigenvalue weighted by molar-refractivity contribution is -0.116. The molecule has 0 saturated carbocycles. The maximum absolute atomic E-state index is 12.7. The Balaban J connectivity index is 2.07. The summed E-state index contributed by atoms with van der Waals surface area (Å²) >= 11 is 1.42. The van der Waals surface area contributed by atoms with E-state index in [1.807, 2.05) is 26.0 Å². The Morgan fingerprint density at radius 1 is 1.27 bits per heavy atom. The summed E-state index contributed by atoms with van der Waals surface area (Å²) in [7, 11) is 1.56. The van der Waals surface area contributed by atoms with Crippen molar-refractivity contribution in [1.82, 2.24) is 9.97 Å². The minimum absolute atomic E-state index is 0.166. The van der Waals surface area contributed by atoms with Gasteiger partial charge in [0, 0.05) is 12.3 Å². The van der Waals surface area contributed by atoms with Crippen molar-refractivity contribution in [1.29, 1.82) is 0 Å². The summed E-state index contributed by atoms with van der Waals surface area (Å²) in [4.78, 5) is 32.0. The lowest BCUT2D eigenvalue weighted by atomic mass is 9.86. The number of methoxy groups -OCH3 is 1. The molecule has 0 fully saturated rings. The molecule has 0 unspecified atom stereocenters. The molecule has 2 N–H and O–H groups in total. The van der Waals surface area contributed by atoms with Gasteiger partial charge in [0.2, 0.25) is 5.91 Å². The first-order valence-corrected chi connectivity index (χ1v) is 9.43. The number of nitrogens with zero attached hydrogens (tertiary/aromatic N) is 1. The van der Waals surface area contributed by atoms with E-state index < -0.39 is 0 Å². The molecule has 1 atom stereocenters. The summed E-state index contributed by atoms with van der Waals surface area (Å²) < 4.78 is 10.9. The van der Waals surface area contributed by atoms with Crippen LogP contribution in [-0.4, -0.2) is 35.3 Å². The van der Waals surface area contributed by atoms with E-state index in [0.717, 1.165) is 11.3 Å². The third-order valence-corrected chi connectivity index (χ3v) is 4.86. The van der Waals surface area contributed by atoms with Crippen molar-refractivity contribution in [3.63, 3.8) is 0 Å². The van der Waals surface area contributed by atoms with Crippen molar-refractivity contribution in [3.8, 4) is 11.5 Å². The van der Waals surface area contributed by atoms with Crippen LogP contribution < -0.4 is 20.3 Å².